The Balaban J connectivity index is 1.80. The van der Waals surface area contributed by atoms with Gasteiger partial charge in [0.05, 0.1) is 0 Å². The van der Waals surface area contributed by atoms with E-state index in [-0.39, 0.29) is 0 Å². The Hall–Kier alpha value is -0.730. The molecule has 3 rings (SSSR count). The van der Waals surface area contributed by atoms with Gasteiger partial charge in [0.1, 0.15) is 0 Å². The lowest BCUT2D eigenvalue weighted by Crippen LogP contribution is -2.35. The van der Waals surface area contributed by atoms with E-state index in [0.29, 0.717) is 0 Å². The highest BCUT2D eigenvalue weighted by atomic mass is 35.5. The van der Waals surface area contributed by atoms with Crippen LogP contribution in [0.5, 0.6) is 0 Å². The first-order valence-corrected chi connectivity index (χ1v) is 8.93. The largest absolute Gasteiger partial charge is 0.368 e. The molecule has 1 saturated carbocycles. The van der Waals surface area contributed by atoms with Crippen molar-refractivity contribution in [3.8, 4) is 0 Å². The number of anilines is 1. The second-order valence-corrected chi connectivity index (χ2v) is 6.98. The van der Waals surface area contributed by atoms with Crippen LogP contribution in [0.2, 0.25) is 5.02 Å². The smallest absolute Gasteiger partial charge is 0.0415 e. The van der Waals surface area contributed by atoms with Crippen LogP contribution in [-0.2, 0) is 6.54 Å². The lowest BCUT2D eigenvalue weighted by Gasteiger charge is -2.34. The molecular weight excluding hydrogens is 280 g/mol. The normalized spacial score (nSPS) is 25.1. The zero-order valence-electron chi connectivity index (χ0n) is 13.1. The van der Waals surface area contributed by atoms with Crippen molar-refractivity contribution in [3.63, 3.8) is 0 Å². The van der Waals surface area contributed by atoms with Gasteiger partial charge in [0.25, 0.3) is 0 Å². The molecule has 3 heteroatoms. The summed E-state index contributed by atoms with van der Waals surface area (Å²) in [4.78, 5) is 2.67. The molecule has 116 valence electrons. The first kappa shape index (κ1) is 15.2. The Labute approximate surface area is 133 Å². The predicted molar refractivity (Wildman–Crippen MR) is 91.2 cm³/mol. The Morgan fingerprint density at radius 3 is 2.95 bits per heavy atom. The fourth-order valence-electron chi connectivity index (χ4n) is 4.08. The lowest BCUT2D eigenvalue weighted by atomic mass is 9.85. The molecule has 0 radical (unpaired) electrons. The molecule has 1 aliphatic carbocycles. The van der Waals surface area contributed by atoms with Crippen molar-refractivity contribution < 1.29 is 0 Å². The summed E-state index contributed by atoms with van der Waals surface area (Å²) in [5.74, 6) is 0.922. The van der Waals surface area contributed by atoms with Gasteiger partial charge in [0.15, 0.2) is 0 Å². The summed E-state index contributed by atoms with van der Waals surface area (Å²) in [6.45, 7) is 5.42. The second kappa shape index (κ2) is 7.02. The monoisotopic (exact) mass is 306 g/mol. The van der Waals surface area contributed by atoms with E-state index in [4.69, 9.17) is 11.6 Å². The van der Waals surface area contributed by atoms with Crippen molar-refractivity contribution >= 4 is 17.3 Å². The summed E-state index contributed by atoms with van der Waals surface area (Å²) in [6.07, 6.45) is 8.17. The van der Waals surface area contributed by atoms with Crippen LogP contribution in [0, 0.1) is 5.92 Å². The fraction of sp³-hybridized carbons (Fsp3) is 0.667. The number of hydrogen-bond acceptors (Lipinski definition) is 2. The lowest BCUT2D eigenvalue weighted by molar-refractivity contribution is 0.342. The first-order valence-electron chi connectivity index (χ1n) is 8.55. The topological polar surface area (TPSA) is 15.3 Å². The standard InChI is InChI=1S/C18H27ClN2/c1-2-10-20-13-15-12-16(19)7-8-18(15)21-11-9-14-5-3-4-6-17(14)21/h7-8,12,14,17,20H,2-6,9-11,13H2,1H3. The Morgan fingerprint density at radius 1 is 1.24 bits per heavy atom. The first-order chi connectivity index (χ1) is 10.3. The maximum atomic E-state index is 6.23. The summed E-state index contributed by atoms with van der Waals surface area (Å²) in [7, 11) is 0. The Morgan fingerprint density at radius 2 is 2.10 bits per heavy atom. The Kier molecular flexibility index (Phi) is 5.07. The Bertz CT molecular complexity index is 474. The van der Waals surface area contributed by atoms with Gasteiger partial charge in [-0.3, -0.25) is 0 Å². The van der Waals surface area contributed by atoms with Gasteiger partial charge >= 0.3 is 0 Å². The van der Waals surface area contributed by atoms with Gasteiger partial charge < -0.3 is 10.2 Å². The van der Waals surface area contributed by atoms with Crippen LogP contribution in [0.4, 0.5) is 5.69 Å². The molecule has 0 amide bonds. The zero-order valence-corrected chi connectivity index (χ0v) is 13.8. The molecule has 1 saturated heterocycles. The van der Waals surface area contributed by atoms with Crippen molar-refractivity contribution in [2.75, 3.05) is 18.0 Å². The van der Waals surface area contributed by atoms with Crippen LogP contribution in [0.15, 0.2) is 18.2 Å². The van der Waals surface area contributed by atoms with E-state index in [9.17, 15) is 0 Å². The van der Waals surface area contributed by atoms with E-state index in [2.05, 4.69) is 35.3 Å². The number of nitrogens with zero attached hydrogens (tertiary/aromatic N) is 1. The highest BCUT2D eigenvalue weighted by Gasteiger charge is 2.36. The molecule has 2 unspecified atom stereocenters. The summed E-state index contributed by atoms with van der Waals surface area (Å²) in [5, 5.41) is 4.38. The van der Waals surface area contributed by atoms with Gasteiger partial charge in [-0.05, 0) is 61.9 Å². The van der Waals surface area contributed by atoms with Gasteiger partial charge in [-0.25, -0.2) is 0 Å². The van der Waals surface area contributed by atoms with Crippen LogP contribution >= 0.6 is 11.6 Å². The predicted octanol–water partition coefficient (Wildman–Crippen LogP) is 4.61. The molecule has 0 aromatic heterocycles. The molecule has 0 bridgehead atoms. The third kappa shape index (κ3) is 3.37. The number of fused-ring (bicyclic) bond motifs is 1. The summed E-state index contributed by atoms with van der Waals surface area (Å²) in [5.41, 5.74) is 2.78. The minimum absolute atomic E-state index is 0.768. The molecule has 2 nitrogen and oxygen atoms in total. The van der Waals surface area contributed by atoms with E-state index < -0.39 is 0 Å². The van der Waals surface area contributed by atoms with Crippen molar-refractivity contribution in [3.05, 3.63) is 28.8 Å². The molecule has 1 N–H and O–H groups in total. The molecular formula is C18H27ClN2. The quantitative estimate of drug-likeness (QED) is 0.799. The number of hydrogen-bond donors (Lipinski definition) is 1. The third-order valence-electron chi connectivity index (χ3n) is 5.10. The van der Waals surface area contributed by atoms with E-state index >= 15 is 0 Å². The van der Waals surface area contributed by atoms with E-state index in [1.54, 1.807) is 0 Å². The number of benzene rings is 1. The van der Waals surface area contributed by atoms with Crippen molar-refractivity contribution in [1.29, 1.82) is 0 Å². The van der Waals surface area contributed by atoms with E-state index in [1.807, 2.05) is 0 Å². The van der Waals surface area contributed by atoms with Gasteiger partial charge in [0.2, 0.25) is 0 Å². The maximum absolute atomic E-state index is 6.23. The summed E-state index contributed by atoms with van der Waals surface area (Å²) >= 11 is 6.23. The van der Waals surface area contributed by atoms with Crippen LogP contribution < -0.4 is 10.2 Å². The summed E-state index contributed by atoms with van der Waals surface area (Å²) in [6, 6.07) is 7.21. The molecule has 1 heterocycles. The van der Waals surface area contributed by atoms with Gasteiger partial charge in [0, 0.05) is 29.8 Å². The third-order valence-corrected chi connectivity index (χ3v) is 5.34. The van der Waals surface area contributed by atoms with Crippen LogP contribution in [0.25, 0.3) is 0 Å². The zero-order chi connectivity index (χ0) is 14.7. The second-order valence-electron chi connectivity index (χ2n) is 6.54. The highest BCUT2D eigenvalue weighted by Crippen LogP contribution is 2.40. The maximum Gasteiger partial charge on any atom is 0.0415 e. The van der Waals surface area contributed by atoms with Crippen molar-refractivity contribution in [2.45, 2.75) is 58.0 Å². The van der Waals surface area contributed by atoms with Gasteiger partial charge in [-0.2, -0.15) is 0 Å². The fourth-order valence-corrected chi connectivity index (χ4v) is 4.28. The SMILES string of the molecule is CCCNCc1cc(Cl)ccc1N1CCC2CCCCC21. The molecule has 2 aliphatic rings. The molecule has 0 spiro atoms. The van der Waals surface area contributed by atoms with Crippen molar-refractivity contribution in [1.82, 2.24) is 5.32 Å². The van der Waals surface area contributed by atoms with Crippen LogP contribution in [-0.4, -0.2) is 19.1 Å². The molecule has 21 heavy (non-hydrogen) atoms. The molecule has 1 aromatic carbocycles. The number of halogens is 1. The van der Waals surface area contributed by atoms with E-state index in [1.165, 1.54) is 56.3 Å². The molecule has 2 atom stereocenters. The number of nitrogens with one attached hydrogen (secondary N) is 1. The minimum Gasteiger partial charge on any atom is -0.368 e. The molecule has 1 aliphatic heterocycles. The number of rotatable bonds is 5. The molecule has 2 fully saturated rings. The average molecular weight is 307 g/mol. The average Bonchev–Trinajstić information content (AvgIpc) is 2.92. The van der Waals surface area contributed by atoms with Gasteiger partial charge in [-0.15, -0.1) is 0 Å². The minimum atomic E-state index is 0.768. The summed E-state index contributed by atoms with van der Waals surface area (Å²) < 4.78 is 0. The highest BCUT2D eigenvalue weighted by molar-refractivity contribution is 6.30. The van der Waals surface area contributed by atoms with Gasteiger partial charge in [-0.1, -0.05) is 31.4 Å². The van der Waals surface area contributed by atoms with Crippen molar-refractivity contribution in [2.24, 2.45) is 5.92 Å². The van der Waals surface area contributed by atoms with Crippen LogP contribution in [0.3, 0.4) is 0 Å². The van der Waals surface area contributed by atoms with E-state index in [0.717, 1.165) is 30.1 Å². The molecule has 1 aromatic rings. The van der Waals surface area contributed by atoms with Crippen LogP contribution in [0.1, 0.15) is 51.0 Å².